The van der Waals surface area contributed by atoms with Crippen LogP contribution in [0.1, 0.15) is 27.7 Å². The lowest BCUT2D eigenvalue weighted by Gasteiger charge is -2.40. The van der Waals surface area contributed by atoms with Crippen molar-refractivity contribution >= 4 is 45.4 Å². The van der Waals surface area contributed by atoms with Gasteiger partial charge in [0.05, 0.1) is 16.1 Å². The van der Waals surface area contributed by atoms with Crippen LogP contribution in [0.5, 0.6) is 0 Å². The Morgan fingerprint density at radius 1 is 1.22 bits per heavy atom. The number of hydrogen-bond donors (Lipinski definition) is 0. The first kappa shape index (κ1) is 22.6. The van der Waals surface area contributed by atoms with Crippen LogP contribution in [0.3, 0.4) is 0 Å². The Kier molecular flexibility index (Phi) is 6.18. The second-order valence-electron chi connectivity index (χ2n) is 8.89. The molecule has 0 N–H and O–H groups in total. The molecule has 170 valence electrons. The number of carbonyl (C=O) groups excluding carboxylic acids is 1. The third-order valence-corrected chi connectivity index (χ3v) is 6.83. The van der Waals surface area contributed by atoms with Crippen molar-refractivity contribution in [2.45, 2.75) is 44.2 Å². The summed E-state index contributed by atoms with van der Waals surface area (Å²) in [5, 5.41) is 0.540. The van der Waals surface area contributed by atoms with Crippen molar-refractivity contribution in [1.82, 2.24) is 13.9 Å². The first-order chi connectivity index (χ1) is 15.1. The average Bonchev–Trinajstić information content (AvgIpc) is 3.11. The van der Waals surface area contributed by atoms with E-state index in [4.69, 9.17) is 16.3 Å². The van der Waals surface area contributed by atoms with E-state index < -0.39 is 16.6 Å². The van der Waals surface area contributed by atoms with Crippen molar-refractivity contribution in [3.05, 3.63) is 53.8 Å². The molecular formula is C23H27ClN4O3S. The second-order valence-corrected chi connectivity index (χ2v) is 10.7. The molecule has 2 atom stereocenters. The number of piperazine rings is 1. The van der Waals surface area contributed by atoms with Crippen LogP contribution in [0.4, 0.5) is 10.5 Å². The molecular weight excluding hydrogens is 448 g/mol. The molecule has 3 aromatic rings. The van der Waals surface area contributed by atoms with Gasteiger partial charge in [0.1, 0.15) is 11.1 Å². The van der Waals surface area contributed by atoms with Crippen LogP contribution in [-0.2, 0) is 15.7 Å². The number of carbonyl (C=O) groups is 1. The minimum Gasteiger partial charge on any atom is -0.444 e. The Morgan fingerprint density at radius 2 is 2.00 bits per heavy atom. The Labute approximate surface area is 195 Å². The number of ether oxygens (including phenoxy) is 1. The zero-order valence-electron chi connectivity index (χ0n) is 18.6. The normalized spacial score (nSPS) is 18.1. The first-order valence-corrected chi connectivity index (χ1v) is 12.0. The zero-order chi connectivity index (χ0) is 23.0. The molecule has 1 saturated heterocycles. The fraction of sp³-hybridized carbons (Fsp3) is 0.391. The predicted molar refractivity (Wildman–Crippen MR) is 128 cm³/mol. The number of rotatable bonds is 3. The molecule has 2 unspecified atom stereocenters. The monoisotopic (exact) mass is 474 g/mol. The van der Waals surface area contributed by atoms with Gasteiger partial charge in [0.15, 0.2) is 11.0 Å². The Hall–Kier alpha value is -2.58. The van der Waals surface area contributed by atoms with Crippen molar-refractivity contribution in [1.29, 1.82) is 0 Å². The lowest BCUT2D eigenvalue weighted by molar-refractivity contribution is 0.0159. The largest absolute Gasteiger partial charge is 0.444 e. The van der Waals surface area contributed by atoms with Crippen LogP contribution in [-0.4, -0.2) is 55.4 Å². The van der Waals surface area contributed by atoms with Gasteiger partial charge < -0.3 is 14.5 Å². The molecule has 1 aromatic carbocycles. The van der Waals surface area contributed by atoms with Crippen LogP contribution < -0.4 is 4.90 Å². The molecule has 0 bridgehead atoms. The number of aromatic nitrogens is 2. The van der Waals surface area contributed by atoms with Gasteiger partial charge in [0.2, 0.25) is 0 Å². The summed E-state index contributed by atoms with van der Waals surface area (Å²) in [6, 6.07) is 10.8. The van der Waals surface area contributed by atoms with E-state index in [0.29, 0.717) is 29.6 Å². The van der Waals surface area contributed by atoms with Gasteiger partial charge in [-0.15, -0.1) is 0 Å². The van der Waals surface area contributed by atoms with Gasteiger partial charge in [-0.05, 0) is 58.0 Å². The zero-order valence-corrected chi connectivity index (χ0v) is 20.2. The van der Waals surface area contributed by atoms with Gasteiger partial charge in [-0.2, -0.15) is 0 Å². The van der Waals surface area contributed by atoms with Crippen LogP contribution >= 0.6 is 11.6 Å². The Morgan fingerprint density at radius 3 is 2.69 bits per heavy atom. The quantitative estimate of drug-likeness (QED) is 0.550. The molecule has 0 radical (unpaired) electrons. The minimum atomic E-state index is -1.47. The molecule has 0 aliphatic carbocycles. The van der Waals surface area contributed by atoms with Gasteiger partial charge in [-0.3, -0.25) is 8.96 Å². The highest BCUT2D eigenvalue weighted by Crippen LogP contribution is 2.31. The SMILES string of the molecule is CC1CN(c2cn(S(=O)c3cccc(Cl)c3)c3cccnc23)CCN1C(=O)OC(C)(C)C. The van der Waals surface area contributed by atoms with Crippen molar-refractivity contribution in [2.75, 3.05) is 24.5 Å². The molecule has 2 aromatic heterocycles. The molecule has 1 aliphatic heterocycles. The van der Waals surface area contributed by atoms with Gasteiger partial charge >= 0.3 is 6.09 Å². The van der Waals surface area contributed by atoms with E-state index in [-0.39, 0.29) is 12.1 Å². The smallest absolute Gasteiger partial charge is 0.410 e. The summed E-state index contributed by atoms with van der Waals surface area (Å²) in [5.74, 6) is 0. The molecule has 4 rings (SSSR count). The molecule has 9 heteroatoms. The fourth-order valence-electron chi connectivity index (χ4n) is 3.84. The maximum atomic E-state index is 13.3. The number of anilines is 1. The molecule has 7 nitrogen and oxygen atoms in total. The van der Waals surface area contributed by atoms with E-state index in [1.54, 1.807) is 39.3 Å². The van der Waals surface area contributed by atoms with Crippen molar-refractivity contribution in [3.63, 3.8) is 0 Å². The van der Waals surface area contributed by atoms with E-state index in [2.05, 4.69) is 9.88 Å². The van der Waals surface area contributed by atoms with Crippen LogP contribution in [0.25, 0.3) is 11.0 Å². The maximum absolute atomic E-state index is 13.3. The van der Waals surface area contributed by atoms with Gasteiger partial charge in [0.25, 0.3) is 0 Å². The van der Waals surface area contributed by atoms with E-state index in [1.165, 1.54) is 0 Å². The summed E-state index contributed by atoms with van der Waals surface area (Å²) in [5.41, 5.74) is 1.92. The Bertz CT molecular complexity index is 1170. The minimum absolute atomic E-state index is 0.0425. The number of nitrogens with zero attached hydrogens (tertiary/aromatic N) is 4. The Balaban J connectivity index is 1.62. The van der Waals surface area contributed by atoms with Crippen LogP contribution in [0, 0.1) is 0 Å². The summed E-state index contributed by atoms with van der Waals surface area (Å²) in [6.45, 7) is 9.40. The lowest BCUT2D eigenvalue weighted by atomic mass is 10.1. The van der Waals surface area contributed by atoms with Crippen molar-refractivity contribution in [3.8, 4) is 0 Å². The van der Waals surface area contributed by atoms with Crippen LogP contribution in [0.15, 0.2) is 53.7 Å². The third kappa shape index (κ3) is 4.61. The fourth-order valence-corrected chi connectivity index (χ4v) is 5.27. The van der Waals surface area contributed by atoms with E-state index in [1.807, 2.05) is 46.0 Å². The number of amides is 1. The number of fused-ring (bicyclic) bond motifs is 1. The van der Waals surface area contributed by atoms with Crippen LogP contribution in [0.2, 0.25) is 5.02 Å². The highest BCUT2D eigenvalue weighted by Gasteiger charge is 2.32. The number of halogens is 1. The molecule has 0 spiro atoms. The summed E-state index contributed by atoms with van der Waals surface area (Å²) in [6.07, 6.45) is 3.32. The third-order valence-electron chi connectivity index (χ3n) is 5.28. The van der Waals surface area contributed by atoms with E-state index >= 15 is 0 Å². The predicted octanol–water partition coefficient (Wildman–Crippen LogP) is 4.71. The molecule has 0 saturated carbocycles. The highest BCUT2D eigenvalue weighted by molar-refractivity contribution is 7.83. The lowest BCUT2D eigenvalue weighted by Crippen LogP contribution is -2.55. The molecule has 1 fully saturated rings. The number of benzene rings is 1. The molecule has 1 aliphatic rings. The highest BCUT2D eigenvalue weighted by atomic mass is 35.5. The van der Waals surface area contributed by atoms with Crippen molar-refractivity contribution in [2.24, 2.45) is 0 Å². The van der Waals surface area contributed by atoms with E-state index in [0.717, 1.165) is 16.7 Å². The summed E-state index contributed by atoms with van der Waals surface area (Å²) in [4.78, 5) is 21.7. The van der Waals surface area contributed by atoms with Gasteiger partial charge in [-0.25, -0.2) is 9.00 Å². The maximum Gasteiger partial charge on any atom is 0.410 e. The number of pyridine rings is 1. The second kappa shape index (κ2) is 8.75. The average molecular weight is 475 g/mol. The summed E-state index contributed by atoms with van der Waals surface area (Å²) >= 11 is 6.11. The molecule has 3 heterocycles. The van der Waals surface area contributed by atoms with Gasteiger partial charge in [0, 0.05) is 43.1 Å². The molecule has 32 heavy (non-hydrogen) atoms. The van der Waals surface area contributed by atoms with E-state index in [9.17, 15) is 9.00 Å². The molecule has 1 amide bonds. The number of hydrogen-bond acceptors (Lipinski definition) is 5. The standard InChI is InChI=1S/C23H27ClN4O3S/c1-16-14-26(11-12-27(16)22(29)31-23(2,3)4)20-15-28(19-9-6-10-25-21(19)20)32(30)18-8-5-7-17(24)13-18/h5-10,13,15-16H,11-12,14H2,1-4H3. The first-order valence-electron chi connectivity index (χ1n) is 10.5. The van der Waals surface area contributed by atoms with Gasteiger partial charge in [-0.1, -0.05) is 17.7 Å². The summed E-state index contributed by atoms with van der Waals surface area (Å²) < 4.78 is 20.6. The summed E-state index contributed by atoms with van der Waals surface area (Å²) in [7, 11) is -1.47. The van der Waals surface area contributed by atoms with Crippen molar-refractivity contribution < 1.29 is 13.7 Å². The topological polar surface area (TPSA) is 67.7 Å².